The second kappa shape index (κ2) is 10.4. The van der Waals surface area contributed by atoms with E-state index >= 15 is 0 Å². The lowest BCUT2D eigenvalue weighted by atomic mass is 9.85. The highest BCUT2D eigenvalue weighted by atomic mass is 19.1. The highest BCUT2D eigenvalue weighted by molar-refractivity contribution is 6.06. The molecule has 0 bridgehead atoms. The van der Waals surface area contributed by atoms with Crippen LogP contribution < -0.4 is 10.6 Å². The first-order valence-electron chi connectivity index (χ1n) is 12.1. The largest absolute Gasteiger partial charge is 0.388 e. The summed E-state index contributed by atoms with van der Waals surface area (Å²) in [5.41, 5.74) is 0.193. The summed E-state index contributed by atoms with van der Waals surface area (Å²) < 4.78 is 20.3. The zero-order valence-corrected chi connectivity index (χ0v) is 20.9. The lowest BCUT2D eigenvalue weighted by Gasteiger charge is -2.34. The van der Waals surface area contributed by atoms with Gasteiger partial charge < -0.3 is 20.5 Å². The van der Waals surface area contributed by atoms with Crippen molar-refractivity contribution in [3.8, 4) is 0 Å². The van der Waals surface area contributed by atoms with Crippen LogP contribution in [0.1, 0.15) is 49.7 Å². The Morgan fingerprint density at radius 1 is 1.14 bits per heavy atom. The van der Waals surface area contributed by atoms with Crippen molar-refractivity contribution >= 4 is 22.7 Å². The van der Waals surface area contributed by atoms with Crippen molar-refractivity contribution in [3.63, 3.8) is 0 Å². The molecule has 0 unspecified atom stereocenters. The first kappa shape index (κ1) is 25.8. The van der Waals surface area contributed by atoms with E-state index in [0.29, 0.717) is 38.0 Å². The number of benzene rings is 2. The summed E-state index contributed by atoms with van der Waals surface area (Å²) in [5, 5.41) is 21.6. The smallest absolute Gasteiger partial charge is 0.273 e. The summed E-state index contributed by atoms with van der Waals surface area (Å²) in [6.45, 7) is 6.94. The molecule has 0 saturated carbocycles. The number of hydrogen-bond donors (Lipinski definition) is 3. The topological polar surface area (TPSA) is 105 Å². The molecule has 3 N–H and O–H groups in total. The molecule has 1 fully saturated rings. The maximum atomic E-state index is 13.4. The zero-order valence-electron chi connectivity index (χ0n) is 20.9. The van der Waals surface area contributed by atoms with Crippen LogP contribution >= 0.6 is 0 Å². The Hall–Kier alpha value is -3.30. The standard InChI is InChI=1S/C27H33FN4O4/c1-26(2,3)23(25(34)29-17-27(35)12-14-36-15-13-27)30-24(33)22-20-6-4-5-7-21(20)32(31-22)16-18-8-10-19(28)11-9-18/h4-11,23,35H,12-17H2,1-3H3,(H,29,34)(H,30,33)/t23-/m1/s1. The molecule has 2 heterocycles. The van der Waals surface area contributed by atoms with Crippen molar-refractivity contribution in [1.82, 2.24) is 20.4 Å². The lowest BCUT2D eigenvalue weighted by molar-refractivity contribution is -0.128. The van der Waals surface area contributed by atoms with Crippen LogP contribution in [0.2, 0.25) is 0 Å². The Balaban J connectivity index is 1.54. The monoisotopic (exact) mass is 496 g/mol. The number of hydrogen-bond acceptors (Lipinski definition) is 5. The average Bonchev–Trinajstić information content (AvgIpc) is 3.21. The summed E-state index contributed by atoms with van der Waals surface area (Å²) in [7, 11) is 0. The lowest BCUT2D eigenvalue weighted by Crippen LogP contribution is -2.56. The number of ether oxygens (including phenoxy) is 1. The van der Waals surface area contributed by atoms with Crippen molar-refractivity contribution in [1.29, 1.82) is 0 Å². The molecule has 4 rings (SSSR count). The fourth-order valence-corrected chi connectivity index (χ4v) is 4.34. The summed E-state index contributed by atoms with van der Waals surface area (Å²) in [4.78, 5) is 26.6. The van der Waals surface area contributed by atoms with Gasteiger partial charge in [-0.25, -0.2) is 4.39 Å². The van der Waals surface area contributed by atoms with Crippen LogP contribution in [0.15, 0.2) is 48.5 Å². The van der Waals surface area contributed by atoms with Crippen LogP contribution in [0, 0.1) is 11.2 Å². The van der Waals surface area contributed by atoms with Gasteiger partial charge >= 0.3 is 0 Å². The Morgan fingerprint density at radius 2 is 1.81 bits per heavy atom. The van der Waals surface area contributed by atoms with Crippen molar-refractivity contribution in [2.45, 2.75) is 51.8 Å². The molecule has 1 aliphatic rings. The van der Waals surface area contributed by atoms with Gasteiger partial charge in [-0.1, -0.05) is 51.1 Å². The molecule has 0 spiro atoms. The number of nitrogens with zero attached hydrogens (tertiary/aromatic N) is 2. The van der Waals surface area contributed by atoms with E-state index in [0.717, 1.165) is 11.1 Å². The second-order valence-electron chi connectivity index (χ2n) is 10.5. The van der Waals surface area contributed by atoms with Gasteiger partial charge in [0.25, 0.3) is 5.91 Å². The Kier molecular flexibility index (Phi) is 7.42. The highest BCUT2D eigenvalue weighted by Gasteiger charge is 2.36. The van der Waals surface area contributed by atoms with Crippen LogP contribution in [0.25, 0.3) is 10.9 Å². The van der Waals surface area contributed by atoms with Crippen LogP contribution in [0.4, 0.5) is 4.39 Å². The predicted octanol–water partition coefficient (Wildman–Crippen LogP) is 3.03. The van der Waals surface area contributed by atoms with Crippen molar-refractivity contribution < 1.29 is 23.8 Å². The minimum absolute atomic E-state index is 0.0902. The van der Waals surface area contributed by atoms with Gasteiger partial charge in [-0.15, -0.1) is 0 Å². The number of rotatable bonds is 7. The summed E-state index contributed by atoms with van der Waals surface area (Å²) >= 11 is 0. The van der Waals surface area contributed by atoms with Crippen LogP contribution in [0.3, 0.4) is 0 Å². The number of carbonyl (C=O) groups excluding carboxylic acids is 2. The van der Waals surface area contributed by atoms with Crippen LogP contribution in [-0.2, 0) is 16.1 Å². The van der Waals surface area contributed by atoms with Crippen molar-refractivity contribution in [3.05, 3.63) is 65.6 Å². The van der Waals surface area contributed by atoms with Gasteiger partial charge in [0.2, 0.25) is 5.91 Å². The van der Waals surface area contributed by atoms with Gasteiger partial charge in [0.1, 0.15) is 11.9 Å². The SMILES string of the molecule is CC(C)(C)[C@H](NC(=O)c1nn(Cc2ccc(F)cc2)c2ccccc12)C(=O)NCC1(O)CCOCC1. The van der Waals surface area contributed by atoms with Gasteiger partial charge in [-0.05, 0) is 29.2 Å². The van der Waals surface area contributed by atoms with E-state index in [1.807, 2.05) is 45.0 Å². The first-order valence-corrected chi connectivity index (χ1v) is 12.1. The fraction of sp³-hybridized carbons (Fsp3) is 0.444. The molecule has 1 aliphatic heterocycles. The number of fused-ring (bicyclic) bond motifs is 1. The molecule has 2 amide bonds. The molecule has 0 radical (unpaired) electrons. The van der Waals surface area contributed by atoms with Crippen LogP contribution in [0.5, 0.6) is 0 Å². The number of aromatic nitrogens is 2. The number of carbonyl (C=O) groups is 2. The molecule has 36 heavy (non-hydrogen) atoms. The van der Waals surface area contributed by atoms with E-state index < -0.39 is 23.0 Å². The number of amides is 2. The minimum Gasteiger partial charge on any atom is -0.388 e. The van der Waals surface area contributed by atoms with E-state index in [2.05, 4.69) is 15.7 Å². The Morgan fingerprint density at radius 3 is 2.47 bits per heavy atom. The van der Waals surface area contributed by atoms with E-state index in [-0.39, 0.29) is 24.0 Å². The van der Waals surface area contributed by atoms with E-state index in [9.17, 15) is 19.1 Å². The van der Waals surface area contributed by atoms with Gasteiger partial charge in [-0.3, -0.25) is 14.3 Å². The molecule has 2 aromatic carbocycles. The first-order chi connectivity index (χ1) is 17.1. The van der Waals surface area contributed by atoms with Gasteiger partial charge in [0.15, 0.2) is 5.69 Å². The molecule has 3 aromatic rings. The van der Waals surface area contributed by atoms with E-state index in [1.54, 1.807) is 16.8 Å². The van der Waals surface area contributed by atoms with E-state index in [1.165, 1.54) is 12.1 Å². The number of aliphatic hydroxyl groups is 1. The van der Waals surface area contributed by atoms with Crippen LogP contribution in [-0.4, -0.2) is 58.1 Å². The zero-order chi connectivity index (χ0) is 25.9. The minimum atomic E-state index is -1.02. The highest BCUT2D eigenvalue weighted by Crippen LogP contribution is 2.24. The summed E-state index contributed by atoms with van der Waals surface area (Å²) in [5.74, 6) is -1.16. The normalized spacial score (nSPS) is 16.5. The molecule has 192 valence electrons. The summed E-state index contributed by atoms with van der Waals surface area (Å²) in [6, 6.07) is 12.6. The third-order valence-corrected chi connectivity index (χ3v) is 6.54. The fourth-order valence-electron chi connectivity index (χ4n) is 4.34. The molecular formula is C27H33FN4O4. The number of halogens is 1. The second-order valence-corrected chi connectivity index (χ2v) is 10.5. The van der Waals surface area contributed by atoms with Crippen molar-refractivity contribution in [2.75, 3.05) is 19.8 Å². The molecular weight excluding hydrogens is 463 g/mol. The maximum absolute atomic E-state index is 13.4. The molecule has 1 atom stereocenters. The Bertz CT molecular complexity index is 1230. The Labute approximate surface area is 209 Å². The number of nitrogens with one attached hydrogen (secondary N) is 2. The van der Waals surface area contributed by atoms with Gasteiger partial charge in [-0.2, -0.15) is 5.10 Å². The third-order valence-electron chi connectivity index (χ3n) is 6.54. The van der Waals surface area contributed by atoms with Gasteiger partial charge in [0.05, 0.1) is 17.7 Å². The van der Waals surface area contributed by atoms with Crippen molar-refractivity contribution in [2.24, 2.45) is 5.41 Å². The maximum Gasteiger partial charge on any atom is 0.273 e. The molecule has 1 saturated heterocycles. The molecule has 9 heteroatoms. The van der Waals surface area contributed by atoms with Gasteiger partial charge in [0, 0.05) is 38.0 Å². The third kappa shape index (κ3) is 5.91. The molecule has 8 nitrogen and oxygen atoms in total. The number of para-hydroxylation sites is 1. The molecule has 1 aromatic heterocycles. The molecule has 0 aliphatic carbocycles. The quantitative estimate of drug-likeness (QED) is 0.466. The average molecular weight is 497 g/mol. The predicted molar refractivity (Wildman–Crippen MR) is 134 cm³/mol. The van der Waals surface area contributed by atoms with E-state index in [4.69, 9.17) is 4.74 Å². The summed E-state index contributed by atoms with van der Waals surface area (Å²) in [6.07, 6.45) is 0.884.